The van der Waals surface area contributed by atoms with Crippen LogP contribution in [0.2, 0.25) is 0 Å². The number of nitro groups is 1. The zero-order valence-corrected chi connectivity index (χ0v) is 13.8. The summed E-state index contributed by atoms with van der Waals surface area (Å²) < 4.78 is 4.44. The monoisotopic (exact) mass is 339 g/mol. The van der Waals surface area contributed by atoms with E-state index in [1.807, 2.05) is 6.92 Å². The van der Waals surface area contributed by atoms with E-state index in [0.717, 1.165) is 20.0 Å². The van der Waals surface area contributed by atoms with Crippen LogP contribution in [0.5, 0.6) is 0 Å². The van der Waals surface area contributed by atoms with Gasteiger partial charge in [0.15, 0.2) is 5.78 Å². The van der Waals surface area contributed by atoms with Gasteiger partial charge in [-0.25, -0.2) is 9.78 Å². The molecule has 0 saturated heterocycles. The molecule has 1 aromatic rings. The molecule has 1 amide bonds. The third-order valence-electron chi connectivity index (χ3n) is 3.25. The van der Waals surface area contributed by atoms with Gasteiger partial charge in [0, 0.05) is 12.5 Å². The number of pyridine rings is 1. The molecule has 1 unspecified atom stereocenters. The van der Waals surface area contributed by atoms with Crippen LogP contribution in [0.3, 0.4) is 0 Å². The van der Waals surface area contributed by atoms with Crippen LogP contribution < -0.4 is 16.4 Å². The number of ether oxygens (including phenoxy) is 1. The maximum atomic E-state index is 12.0. The second-order valence-corrected chi connectivity index (χ2v) is 5.10. The number of unbranched alkanes of at least 4 members (excludes halogenated alkanes) is 1. The lowest BCUT2D eigenvalue weighted by Gasteiger charge is -2.15. The van der Waals surface area contributed by atoms with Crippen LogP contribution in [0.1, 0.15) is 33.1 Å². The molecule has 0 bridgehead atoms. The first kappa shape index (κ1) is 19.1. The van der Waals surface area contributed by atoms with Crippen LogP contribution in [-0.4, -0.2) is 34.9 Å². The highest BCUT2D eigenvalue weighted by Crippen LogP contribution is 2.32. The van der Waals surface area contributed by atoms with Crippen LogP contribution in [-0.2, 0) is 9.53 Å². The highest BCUT2D eigenvalue weighted by molar-refractivity contribution is 5.89. The van der Waals surface area contributed by atoms with Crippen molar-refractivity contribution in [2.24, 2.45) is 0 Å². The van der Waals surface area contributed by atoms with E-state index in [1.165, 1.54) is 6.07 Å². The molecule has 0 spiro atoms. The molecule has 10 nitrogen and oxygen atoms in total. The number of carbonyl (C=O) groups is 2. The Morgan fingerprint density at radius 2 is 2.17 bits per heavy atom. The number of Topliss-reactive ketones (excluding diaryl/α,β-unsaturated/α-hetero) is 1. The summed E-state index contributed by atoms with van der Waals surface area (Å²) in [6.45, 7) is 3.57. The van der Waals surface area contributed by atoms with Gasteiger partial charge in [0.1, 0.15) is 11.5 Å². The van der Waals surface area contributed by atoms with Crippen molar-refractivity contribution < 1.29 is 19.2 Å². The lowest BCUT2D eigenvalue weighted by Crippen LogP contribution is -2.26. The van der Waals surface area contributed by atoms with Crippen LogP contribution in [0.25, 0.3) is 0 Å². The fourth-order valence-corrected chi connectivity index (χ4v) is 1.96. The number of nitrogens with zero attached hydrogens (tertiary/aromatic N) is 2. The smallest absolute Gasteiger partial charge is 0.412 e. The minimum atomic E-state index is -0.797. The zero-order chi connectivity index (χ0) is 18.3. The summed E-state index contributed by atoms with van der Waals surface area (Å²) in [5.74, 6) is -0.491. The molecular weight excluding hydrogens is 318 g/mol. The van der Waals surface area contributed by atoms with Crippen LogP contribution in [0, 0.1) is 10.1 Å². The van der Waals surface area contributed by atoms with Crippen molar-refractivity contribution >= 4 is 34.9 Å². The Labute approximate surface area is 138 Å². The summed E-state index contributed by atoms with van der Waals surface area (Å²) in [7, 11) is 1.16. The second-order valence-electron chi connectivity index (χ2n) is 5.10. The van der Waals surface area contributed by atoms with Crippen molar-refractivity contribution in [3.05, 3.63) is 16.2 Å². The number of nitrogens with one attached hydrogen (secondary N) is 2. The summed E-state index contributed by atoms with van der Waals surface area (Å²) >= 11 is 0. The molecule has 10 heteroatoms. The Morgan fingerprint density at radius 3 is 2.71 bits per heavy atom. The topological polar surface area (TPSA) is 149 Å². The molecule has 0 aliphatic heterocycles. The molecule has 0 aliphatic carbocycles. The molecule has 0 aliphatic rings. The Morgan fingerprint density at radius 1 is 1.50 bits per heavy atom. The summed E-state index contributed by atoms with van der Waals surface area (Å²) in [6, 6.07) is 0.581. The minimum absolute atomic E-state index is 0.00347. The van der Waals surface area contributed by atoms with Gasteiger partial charge in [0.2, 0.25) is 5.82 Å². The fraction of sp³-hybridized carbons (Fsp3) is 0.500. The van der Waals surface area contributed by atoms with Crippen molar-refractivity contribution in [3.63, 3.8) is 0 Å². The average molecular weight is 339 g/mol. The third kappa shape index (κ3) is 5.07. The maximum Gasteiger partial charge on any atom is 0.412 e. The standard InChI is InChI=1S/C14H21N5O5/c1-4-5-6-10(20)8(2)16-9-7-11(18-14(21)24-3)17-13(15)12(9)19(22)23/h7-8H,4-6H2,1-3H3,(H4,15,16,17,18,21). The predicted octanol–water partition coefficient (Wildman–Crippen LogP) is 2.31. The number of ketones is 1. The van der Waals surface area contributed by atoms with Crippen molar-refractivity contribution in [2.45, 2.75) is 39.2 Å². The molecular formula is C14H21N5O5. The van der Waals surface area contributed by atoms with E-state index in [9.17, 15) is 19.7 Å². The molecule has 1 aromatic heterocycles. The molecule has 0 saturated carbocycles. The lowest BCUT2D eigenvalue weighted by molar-refractivity contribution is -0.383. The quantitative estimate of drug-likeness (QED) is 0.482. The number of nitrogens with two attached hydrogens (primary N) is 1. The van der Waals surface area contributed by atoms with E-state index in [1.54, 1.807) is 6.92 Å². The van der Waals surface area contributed by atoms with Gasteiger partial charge in [-0.2, -0.15) is 0 Å². The third-order valence-corrected chi connectivity index (χ3v) is 3.25. The van der Waals surface area contributed by atoms with Crippen LogP contribution >= 0.6 is 0 Å². The Bertz CT molecular complexity index is 634. The number of anilines is 3. The van der Waals surface area contributed by atoms with Crippen molar-refractivity contribution in [2.75, 3.05) is 23.5 Å². The lowest BCUT2D eigenvalue weighted by atomic mass is 10.1. The average Bonchev–Trinajstić information content (AvgIpc) is 2.51. The Hall–Kier alpha value is -2.91. The largest absolute Gasteiger partial charge is 0.453 e. The van der Waals surface area contributed by atoms with E-state index < -0.39 is 22.7 Å². The van der Waals surface area contributed by atoms with Gasteiger partial charge in [0.25, 0.3) is 0 Å². The number of amides is 1. The molecule has 0 fully saturated rings. The number of hydrogen-bond acceptors (Lipinski definition) is 8. The van der Waals surface area contributed by atoms with E-state index in [2.05, 4.69) is 20.4 Å². The number of carbonyl (C=O) groups excluding carboxylic acids is 2. The van der Waals surface area contributed by atoms with Crippen LogP contribution in [0.4, 0.5) is 27.8 Å². The summed E-state index contributed by atoms with van der Waals surface area (Å²) in [5, 5.41) is 16.2. The number of rotatable bonds is 8. The van der Waals surface area contributed by atoms with E-state index in [-0.39, 0.29) is 23.1 Å². The Balaban J connectivity index is 3.10. The van der Waals surface area contributed by atoms with Gasteiger partial charge in [-0.1, -0.05) is 13.3 Å². The first-order chi connectivity index (χ1) is 11.3. The van der Waals surface area contributed by atoms with Gasteiger partial charge in [-0.05, 0) is 13.3 Å². The first-order valence-corrected chi connectivity index (χ1v) is 7.39. The molecule has 1 atom stereocenters. The highest BCUT2D eigenvalue weighted by Gasteiger charge is 2.24. The molecule has 132 valence electrons. The van der Waals surface area contributed by atoms with Crippen LogP contribution in [0.15, 0.2) is 6.07 Å². The predicted molar refractivity (Wildman–Crippen MR) is 88.9 cm³/mol. The number of aromatic nitrogens is 1. The van der Waals surface area contributed by atoms with Crippen molar-refractivity contribution in [3.8, 4) is 0 Å². The molecule has 24 heavy (non-hydrogen) atoms. The van der Waals surface area contributed by atoms with Gasteiger partial charge in [-0.3, -0.25) is 20.2 Å². The second kappa shape index (κ2) is 8.65. The SMILES string of the molecule is CCCCC(=O)C(C)Nc1cc(NC(=O)OC)nc(N)c1[N+](=O)[O-]. The van der Waals surface area contributed by atoms with E-state index in [0.29, 0.717) is 6.42 Å². The Kier molecular flexibility index (Phi) is 6.90. The number of hydrogen-bond donors (Lipinski definition) is 3. The molecule has 1 rings (SSSR count). The van der Waals surface area contributed by atoms with Crippen molar-refractivity contribution in [1.82, 2.24) is 4.98 Å². The van der Waals surface area contributed by atoms with E-state index in [4.69, 9.17) is 5.73 Å². The first-order valence-electron chi connectivity index (χ1n) is 7.39. The molecule has 1 heterocycles. The van der Waals surface area contributed by atoms with Crippen molar-refractivity contribution in [1.29, 1.82) is 0 Å². The summed E-state index contributed by atoms with van der Waals surface area (Å²) in [4.78, 5) is 37.5. The number of methoxy groups -OCH3 is 1. The fourth-order valence-electron chi connectivity index (χ4n) is 1.96. The zero-order valence-electron chi connectivity index (χ0n) is 13.8. The molecule has 0 aromatic carbocycles. The molecule has 4 N–H and O–H groups in total. The van der Waals surface area contributed by atoms with E-state index >= 15 is 0 Å². The number of nitrogen functional groups attached to an aromatic ring is 1. The normalized spacial score (nSPS) is 11.5. The highest BCUT2D eigenvalue weighted by atomic mass is 16.6. The molecule has 0 radical (unpaired) electrons. The van der Waals surface area contributed by atoms with Gasteiger partial charge >= 0.3 is 11.8 Å². The van der Waals surface area contributed by atoms with Gasteiger partial charge in [0.05, 0.1) is 18.1 Å². The summed E-state index contributed by atoms with van der Waals surface area (Å²) in [6.07, 6.45) is 1.18. The minimum Gasteiger partial charge on any atom is -0.453 e. The van der Waals surface area contributed by atoms with Gasteiger partial charge < -0.3 is 15.8 Å². The maximum absolute atomic E-state index is 12.0. The van der Waals surface area contributed by atoms with Gasteiger partial charge in [-0.15, -0.1) is 0 Å². The summed E-state index contributed by atoms with van der Waals surface area (Å²) in [5.41, 5.74) is 5.14.